The van der Waals surface area contributed by atoms with Gasteiger partial charge >= 0.3 is 5.97 Å². The van der Waals surface area contributed by atoms with Crippen molar-refractivity contribution >= 4 is 46.6 Å². The fraction of sp³-hybridized carbons (Fsp3) is 0.583. The molecule has 0 unspecified atom stereocenters. The number of hydrogen-bond donors (Lipinski definition) is 2. The maximum absolute atomic E-state index is 12.8. The van der Waals surface area contributed by atoms with Crippen LogP contribution in [-0.2, 0) is 19.1 Å². The Labute approximate surface area is 208 Å². The highest BCUT2D eigenvalue weighted by atomic mass is 35.5. The normalized spacial score (nSPS) is 30.3. The van der Waals surface area contributed by atoms with Crippen LogP contribution < -0.4 is 0 Å². The maximum atomic E-state index is 12.8. The van der Waals surface area contributed by atoms with Crippen LogP contribution in [0.25, 0.3) is 0 Å². The smallest absolute Gasteiger partial charge is 0.338 e. The molecule has 34 heavy (non-hydrogen) atoms. The zero-order valence-electron chi connectivity index (χ0n) is 19.6. The second-order valence-corrected chi connectivity index (χ2v) is 10.8. The predicted molar refractivity (Wildman–Crippen MR) is 129 cm³/mol. The quantitative estimate of drug-likeness (QED) is 0.339. The molecular formula is C24H30ClNO7S. The summed E-state index contributed by atoms with van der Waals surface area (Å²) >= 11 is 7.15. The van der Waals surface area contributed by atoms with Crippen LogP contribution in [0, 0.1) is 11.3 Å². The summed E-state index contributed by atoms with van der Waals surface area (Å²) in [5, 5.41) is 21.0. The van der Waals surface area contributed by atoms with Gasteiger partial charge in [0, 0.05) is 23.6 Å². The van der Waals surface area contributed by atoms with Crippen LogP contribution in [0.15, 0.2) is 29.3 Å². The Kier molecular flexibility index (Phi) is 8.57. The lowest BCUT2D eigenvalue weighted by atomic mass is 9.70. The Morgan fingerprint density at radius 3 is 2.35 bits per heavy atom. The van der Waals surface area contributed by atoms with Gasteiger partial charge in [0.2, 0.25) is 0 Å². The SMILES string of the molecule is CS[C@@H]1O[C@H](CO)[C@@H](O)[C@H](OC(=O)c2ccc(Cl)cc2)[C@H]1N=C(C)C1C(=O)CC(C)(C)CC1=O. The monoisotopic (exact) mass is 511 g/mol. The number of aliphatic imine (C=N–C) groups is 1. The van der Waals surface area contributed by atoms with Crippen molar-refractivity contribution in [3.05, 3.63) is 34.9 Å². The van der Waals surface area contributed by atoms with Crippen LogP contribution in [0.3, 0.4) is 0 Å². The van der Waals surface area contributed by atoms with Crippen LogP contribution in [-0.4, -0.2) is 76.1 Å². The highest BCUT2D eigenvalue weighted by Gasteiger charge is 2.48. The molecule has 0 bridgehead atoms. The van der Waals surface area contributed by atoms with Gasteiger partial charge in [-0.3, -0.25) is 14.6 Å². The number of Topliss-reactive ketones (excluding diaryl/α,β-unsaturated/α-hetero) is 2. The number of esters is 1. The van der Waals surface area contributed by atoms with Gasteiger partial charge in [0.15, 0.2) is 6.10 Å². The number of hydrogen-bond acceptors (Lipinski definition) is 9. The van der Waals surface area contributed by atoms with Crippen LogP contribution in [0.4, 0.5) is 0 Å². The summed E-state index contributed by atoms with van der Waals surface area (Å²) in [6, 6.07) is 5.18. The van der Waals surface area contributed by atoms with E-state index in [2.05, 4.69) is 4.99 Å². The number of thioether (sulfide) groups is 1. The van der Waals surface area contributed by atoms with E-state index < -0.39 is 53.7 Å². The number of ketones is 2. The second-order valence-electron chi connectivity index (χ2n) is 9.47. The topological polar surface area (TPSA) is 122 Å². The molecule has 1 saturated carbocycles. The van der Waals surface area contributed by atoms with E-state index in [0.717, 1.165) is 0 Å². The van der Waals surface area contributed by atoms with Crippen molar-refractivity contribution in [3.63, 3.8) is 0 Å². The molecule has 0 radical (unpaired) electrons. The first-order valence-corrected chi connectivity index (χ1v) is 12.7. The van der Waals surface area contributed by atoms with E-state index >= 15 is 0 Å². The van der Waals surface area contributed by atoms with E-state index in [4.69, 9.17) is 21.1 Å². The Balaban J connectivity index is 1.93. The molecule has 0 aromatic heterocycles. The van der Waals surface area contributed by atoms with Gasteiger partial charge in [0.25, 0.3) is 0 Å². The zero-order valence-corrected chi connectivity index (χ0v) is 21.1. The Morgan fingerprint density at radius 1 is 1.24 bits per heavy atom. The molecular weight excluding hydrogens is 482 g/mol. The van der Waals surface area contributed by atoms with Crippen LogP contribution >= 0.6 is 23.4 Å². The lowest BCUT2D eigenvalue weighted by Crippen LogP contribution is -2.58. The largest absolute Gasteiger partial charge is 0.453 e. The molecule has 2 aliphatic rings. The zero-order chi connectivity index (χ0) is 25.2. The molecule has 3 rings (SSSR count). The van der Waals surface area contributed by atoms with E-state index in [9.17, 15) is 24.6 Å². The maximum Gasteiger partial charge on any atom is 0.338 e. The van der Waals surface area contributed by atoms with Crippen LogP contribution in [0.5, 0.6) is 0 Å². The molecule has 1 aliphatic carbocycles. The van der Waals surface area contributed by atoms with Crippen molar-refractivity contribution in [2.45, 2.75) is 63.4 Å². The molecule has 186 valence electrons. The van der Waals surface area contributed by atoms with Gasteiger partial charge in [-0.2, -0.15) is 0 Å². The molecule has 2 N–H and O–H groups in total. The van der Waals surface area contributed by atoms with Gasteiger partial charge in [-0.15, -0.1) is 11.8 Å². The van der Waals surface area contributed by atoms with E-state index in [1.54, 1.807) is 25.3 Å². The van der Waals surface area contributed by atoms with Crippen molar-refractivity contribution in [2.75, 3.05) is 12.9 Å². The summed E-state index contributed by atoms with van der Waals surface area (Å²) < 4.78 is 11.5. The lowest BCUT2D eigenvalue weighted by Gasteiger charge is -2.42. The third-order valence-electron chi connectivity index (χ3n) is 6.10. The van der Waals surface area contributed by atoms with Gasteiger partial charge in [-0.05, 0) is 42.9 Å². The number of nitrogens with zero attached hydrogens (tertiary/aromatic N) is 1. The van der Waals surface area contributed by atoms with Gasteiger partial charge in [-0.25, -0.2) is 4.79 Å². The first-order chi connectivity index (χ1) is 16.0. The Morgan fingerprint density at radius 2 is 1.82 bits per heavy atom. The molecule has 1 heterocycles. The average Bonchev–Trinajstić information content (AvgIpc) is 2.75. The van der Waals surface area contributed by atoms with Gasteiger partial charge in [0.1, 0.15) is 41.2 Å². The summed E-state index contributed by atoms with van der Waals surface area (Å²) in [4.78, 5) is 43.0. The number of carbonyl (C=O) groups is 3. The van der Waals surface area contributed by atoms with E-state index in [1.165, 1.54) is 23.9 Å². The van der Waals surface area contributed by atoms with E-state index in [1.807, 2.05) is 13.8 Å². The third kappa shape index (κ3) is 5.88. The number of halogens is 1. The minimum absolute atomic E-state index is 0.205. The van der Waals surface area contributed by atoms with Crippen LogP contribution in [0.1, 0.15) is 44.0 Å². The number of benzene rings is 1. The number of rotatable bonds is 6. The van der Waals surface area contributed by atoms with Crippen molar-refractivity contribution in [1.82, 2.24) is 0 Å². The summed E-state index contributed by atoms with van der Waals surface area (Å²) in [6.07, 6.45) is -1.27. The molecule has 1 saturated heterocycles. The summed E-state index contributed by atoms with van der Waals surface area (Å²) in [5.41, 5.74) is -0.574. The lowest BCUT2D eigenvalue weighted by molar-refractivity contribution is -0.167. The standard InChI is InChI=1S/C24H30ClNO7S/c1-12(18-15(28)9-24(2,3)10-16(18)29)26-19-21(20(30)17(11-27)32-23(19)34-4)33-22(31)13-5-7-14(25)8-6-13/h5-8,17-21,23,27,30H,9-11H2,1-4H3/t17-,19-,20-,21-,23+/m1/s1. The van der Waals surface area contributed by atoms with Crippen molar-refractivity contribution in [3.8, 4) is 0 Å². The summed E-state index contributed by atoms with van der Waals surface area (Å²) in [7, 11) is 0. The molecule has 2 fully saturated rings. The number of ether oxygens (including phenoxy) is 2. The second kappa shape index (κ2) is 10.9. The predicted octanol–water partition coefficient (Wildman–Crippen LogP) is 2.71. The van der Waals surface area contributed by atoms with Crippen molar-refractivity contribution in [1.29, 1.82) is 0 Å². The Bertz CT molecular complexity index is 945. The molecule has 8 nitrogen and oxygen atoms in total. The highest BCUT2D eigenvalue weighted by molar-refractivity contribution is 7.99. The first kappa shape index (κ1) is 26.8. The van der Waals surface area contributed by atoms with Crippen LogP contribution in [0.2, 0.25) is 5.02 Å². The third-order valence-corrected chi connectivity index (χ3v) is 7.20. The van der Waals surface area contributed by atoms with Crippen molar-refractivity contribution < 1.29 is 34.1 Å². The Hall–Kier alpha value is -1.78. The number of carbonyl (C=O) groups excluding carboxylic acids is 3. The molecule has 1 aromatic rings. The number of aliphatic hydroxyl groups excluding tert-OH is 2. The molecule has 0 spiro atoms. The molecule has 0 amide bonds. The number of aliphatic hydroxyl groups is 2. The summed E-state index contributed by atoms with van der Waals surface area (Å²) in [5.74, 6) is -2.09. The minimum atomic E-state index is -1.37. The molecule has 10 heteroatoms. The van der Waals surface area contributed by atoms with E-state index in [0.29, 0.717) is 10.7 Å². The fourth-order valence-corrected chi connectivity index (χ4v) is 5.34. The van der Waals surface area contributed by atoms with Gasteiger partial charge in [-0.1, -0.05) is 25.4 Å². The molecule has 1 aromatic carbocycles. The fourth-order valence-electron chi connectivity index (χ4n) is 4.46. The first-order valence-electron chi connectivity index (χ1n) is 11.0. The van der Waals surface area contributed by atoms with Crippen molar-refractivity contribution in [2.24, 2.45) is 16.3 Å². The van der Waals surface area contributed by atoms with E-state index in [-0.39, 0.29) is 30.0 Å². The minimum Gasteiger partial charge on any atom is -0.453 e. The van der Waals surface area contributed by atoms with Gasteiger partial charge in [0.05, 0.1) is 12.2 Å². The average molecular weight is 512 g/mol. The summed E-state index contributed by atoms with van der Waals surface area (Å²) in [6.45, 7) is 4.86. The van der Waals surface area contributed by atoms with Gasteiger partial charge < -0.3 is 19.7 Å². The molecule has 1 aliphatic heterocycles. The highest BCUT2D eigenvalue weighted by Crippen LogP contribution is 2.36. The molecule has 5 atom stereocenters.